The van der Waals surface area contributed by atoms with E-state index in [9.17, 15) is 0 Å². The molecule has 0 atom stereocenters. The highest BCUT2D eigenvalue weighted by Crippen LogP contribution is 2.07. The van der Waals surface area contributed by atoms with Gasteiger partial charge in [-0.25, -0.2) is 0 Å². The first-order valence-electron chi connectivity index (χ1n) is 13.9. The number of halogens is 2. The van der Waals surface area contributed by atoms with Gasteiger partial charge < -0.3 is 42.0 Å². The van der Waals surface area contributed by atoms with Crippen LogP contribution in [-0.4, -0.2) is 37.9 Å². The first kappa shape index (κ1) is 49.4. The summed E-state index contributed by atoms with van der Waals surface area (Å²) in [7, 11) is 0. The predicted molar refractivity (Wildman–Crippen MR) is 159 cm³/mol. The van der Waals surface area contributed by atoms with Crippen LogP contribution in [0.5, 0.6) is 0 Å². The highest BCUT2D eigenvalue weighted by molar-refractivity contribution is 5.74. The van der Waals surface area contributed by atoms with Gasteiger partial charge in [-0.2, -0.15) is 0 Å². The van der Waals surface area contributed by atoms with Gasteiger partial charge in [0.1, 0.15) is 0 Å². The predicted octanol–water partition coefficient (Wildman–Crippen LogP) is -3.51. The lowest BCUT2D eigenvalue weighted by Gasteiger charge is -2.00. The lowest BCUT2D eigenvalue weighted by atomic mass is 10.1. The summed E-state index contributed by atoms with van der Waals surface area (Å²) in [6, 6.07) is 0. The Morgan fingerprint density at radius 2 is 0.757 bits per heavy atom. The number of rotatable bonds is 24. The van der Waals surface area contributed by atoms with Gasteiger partial charge >= 0.3 is 0 Å². The maximum absolute atomic E-state index is 5.98. The molecule has 0 aliphatic rings. The van der Waals surface area contributed by atoms with Crippen LogP contribution in [0.2, 0.25) is 0 Å². The number of amidine groups is 2. The van der Waals surface area contributed by atoms with E-state index in [4.69, 9.17) is 34.1 Å². The highest BCUT2D eigenvalue weighted by Gasteiger charge is 2.00. The van der Waals surface area contributed by atoms with Crippen molar-refractivity contribution in [2.24, 2.45) is 28.7 Å². The van der Waals surface area contributed by atoms with E-state index >= 15 is 0 Å². The summed E-state index contributed by atoms with van der Waals surface area (Å²) in [5, 5.41) is 5.43. The Balaban J connectivity index is -0.000000138. The van der Waals surface area contributed by atoms with Crippen molar-refractivity contribution in [3.8, 4) is 0 Å². The van der Waals surface area contributed by atoms with Crippen molar-refractivity contribution < 1.29 is 35.2 Å². The lowest BCUT2D eigenvalue weighted by molar-refractivity contribution is -0.460. The molecule has 0 rings (SSSR count). The average Bonchev–Trinajstić information content (AvgIpc) is 2.80. The molecule has 9 heteroatoms. The summed E-state index contributed by atoms with van der Waals surface area (Å²) in [6.07, 6.45) is 24.4. The second kappa shape index (κ2) is 45.3. The van der Waals surface area contributed by atoms with E-state index in [-0.39, 0.29) is 39.7 Å². The van der Waals surface area contributed by atoms with E-state index in [1.165, 1.54) is 103 Å². The minimum atomic E-state index is 0. The van der Waals surface area contributed by atoms with Crippen LogP contribution in [0.3, 0.4) is 0 Å². The van der Waals surface area contributed by atoms with E-state index in [0.717, 1.165) is 57.7 Å². The molecule has 0 bridgehead atoms. The van der Waals surface area contributed by atoms with E-state index in [0.29, 0.717) is 5.84 Å². The smallest absolute Gasteiger partial charge is 0.240 e. The molecular formula is C28H69Cl2N7. The van der Waals surface area contributed by atoms with E-state index in [1.54, 1.807) is 0 Å². The van der Waals surface area contributed by atoms with Crippen molar-refractivity contribution >= 4 is 11.7 Å². The fourth-order valence-electron chi connectivity index (χ4n) is 3.66. The third kappa shape index (κ3) is 52.6. The Kier molecular flexibility index (Phi) is 60.5. The van der Waals surface area contributed by atoms with Gasteiger partial charge in [0.25, 0.3) is 0 Å². The normalized spacial score (nSPS) is 10.1. The van der Waals surface area contributed by atoms with E-state index in [2.05, 4.69) is 4.99 Å². The molecule has 0 radical (unpaired) electrons. The van der Waals surface area contributed by atoms with Crippen LogP contribution in [0.4, 0.5) is 0 Å². The Bertz CT molecular complexity index is 417. The van der Waals surface area contributed by atoms with Gasteiger partial charge in [0.2, 0.25) is 11.7 Å². The molecule has 230 valence electrons. The third-order valence-electron chi connectivity index (χ3n) is 5.80. The van der Waals surface area contributed by atoms with Gasteiger partial charge in [-0.15, -0.1) is 0 Å². The molecule has 0 fully saturated rings. The molecule has 0 saturated carbocycles. The fraction of sp³-hybridized carbons (Fsp3) is 0.929. The zero-order valence-electron chi connectivity index (χ0n) is 22.7. The van der Waals surface area contributed by atoms with E-state index < -0.39 is 0 Å². The van der Waals surface area contributed by atoms with Gasteiger partial charge in [0, 0.05) is 12.8 Å². The molecule has 0 saturated heterocycles. The Morgan fingerprint density at radius 1 is 0.459 bits per heavy atom. The highest BCUT2D eigenvalue weighted by atomic mass is 35.5. The molecule has 37 heavy (non-hydrogen) atoms. The Hall–Kier alpha value is -0.600. The summed E-state index contributed by atoms with van der Waals surface area (Å²) in [6.45, 7) is 3.54. The second-order valence-electron chi connectivity index (χ2n) is 9.26. The molecule has 7 nitrogen and oxygen atoms in total. The Labute approximate surface area is 244 Å². The molecule has 0 aliphatic carbocycles. The van der Waals surface area contributed by atoms with Gasteiger partial charge in [-0.3, -0.25) is 21.9 Å². The van der Waals surface area contributed by atoms with E-state index in [1.807, 2.05) is 0 Å². The molecule has 0 spiro atoms. The number of nitrogens with two attached hydrogens (primary N) is 6. The Morgan fingerprint density at radius 3 is 1.11 bits per heavy atom. The molecule has 0 aliphatic heterocycles. The minimum Gasteiger partial charge on any atom is -1.00 e. The van der Waals surface area contributed by atoms with Gasteiger partial charge in [0.05, 0.1) is 6.54 Å². The SMILES string of the molecule is C.C.NCCCCCCCCCN.NCCCCCCCCC[NH+]=C(N)CCCCCCC(N)=[NH2+].[Cl-].[Cl-]. The molecule has 0 aromatic heterocycles. The maximum Gasteiger partial charge on any atom is 0.240 e. The molecule has 0 unspecified atom stereocenters. The summed E-state index contributed by atoms with van der Waals surface area (Å²) in [5.74, 6) is 1.49. The largest absolute Gasteiger partial charge is 1.00 e. The van der Waals surface area contributed by atoms with Crippen LogP contribution in [0, 0.1) is 0 Å². The van der Waals surface area contributed by atoms with Gasteiger partial charge in [-0.05, 0) is 64.6 Å². The topological polar surface area (TPSA) is 170 Å². The summed E-state index contributed by atoms with van der Waals surface area (Å²) in [4.78, 5) is 3.34. The zero-order chi connectivity index (χ0) is 24.8. The molecule has 0 amide bonds. The van der Waals surface area contributed by atoms with Crippen molar-refractivity contribution in [1.29, 1.82) is 0 Å². The molecule has 0 aromatic carbocycles. The van der Waals surface area contributed by atoms with Crippen LogP contribution in [0.25, 0.3) is 0 Å². The minimum absolute atomic E-state index is 0. The van der Waals surface area contributed by atoms with Crippen molar-refractivity contribution in [3.05, 3.63) is 0 Å². The van der Waals surface area contributed by atoms with Crippen molar-refractivity contribution in [1.82, 2.24) is 0 Å². The monoisotopic (exact) mass is 573 g/mol. The molecular weight excluding hydrogens is 505 g/mol. The molecule has 0 heterocycles. The molecule has 13 N–H and O–H groups in total. The van der Waals surface area contributed by atoms with Gasteiger partial charge in [0.15, 0.2) is 0 Å². The van der Waals surface area contributed by atoms with Crippen LogP contribution >= 0.6 is 0 Å². The van der Waals surface area contributed by atoms with Crippen LogP contribution < -0.4 is 63.9 Å². The second-order valence-corrected chi connectivity index (χ2v) is 9.26. The number of hydrogen-bond acceptors (Lipinski definition) is 3. The zero-order valence-corrected chi connectivity index (χ0v) is 24.2. The van der Waals surface area contributed by atoms with Crippen LogP contribution in [-0.2, 0) is 0 Å². The van der Waals surface area contributed by atoms with Gasteiger partial charge in [-0.1, -0.05) is 85.5 Å². The number of nitrogens with one attached hydrogen (secondary N) is 1. The van der Waals surface area contributed by atoms with Crippen molar-refractivity contribution in [2.75, 3.05) is 26.2 Å². The maximum atomic E-state index is 5.98. The lowest BCUT2D eigenvalue weighted by Crippen LogP contribution is -3.00. The third-order valence-corrected chi connectivity index (χ3v) is 5.80. The standard InChI is InChI=1S/C17H37N5.C9H22N2.2CH4.2ClH/c18-14-10-6-2-1-3-7-11-15-22-17(21)13-9-5-4-8-12-16(19)20;10-8-6-4-2-1-3-5-7-9-11;;;;/h1-15,18H2,(H3,19,20)(H2,21,22);1-11H2;2*1H4;2*1H. The summed E-state index contributed by atoms with van der Waals surface area (Å²) in [5.41, 5.74) is 27.6. The van der Waals surface area contributed by atoms with Crippen LogP contribution in [0.15, 0.2) is 0 Å². The first-order chi connectivity index (χ1) is 16.1. The van der Waals surface area contributed by atoms with Crippen molar-refractivity contribution in [2.45, 2.75) is 143 Å². The summed E-state index contributed by atoms with van der Waals surface area (Å²) >= 11 is 0. The number of unbranched alkanes of at least 4 members (excludes halogenated alkanes) is 15. The molecule has 0 aromatic rings. The summed E-state index contributed by atoms with van der Waals surface area (Å²) < 4.78 is 0. The fourth-order valence-corrected chi connectivity index (χ4v) is 3.66. The first-order valence-corrected chi connectivity index (χ1v) is 13.9. The van der Waals surface area contributed by atoms with Crippen molar-refractivity contribution in [3.63, 3.8) is 0 Å². The van der Waals surface area contributed by atoms with Crippen LogP contribution in [0.1, 0.15) is 143 Å². The quantitative estimate of drug-likeness (QED) is 0.0360. The average molecular weight is 575 g/mol. The number of hydrogen-bond donors (Lipinski definition) is 7.